The Morgan fingerprint density at radius 2 is 1.68 bits per heavy atom. The van der Waals surface area contributed by atoms with Gasteiger partial charge in [0.05, 0.1) is 5.75 Å². The molecule has 2 N–H and O–H groups in total. The summed E-state index contributed by atoms with van der Waals surface area (Å²) >= 11 is 1.87. The highest BCUT2D eigenvalue weighted by Gasteiger charge is 2.51. The topological polar surface area (TPSA) is 58.2 Å². The van der Waals surface area contributed by atoms with Crippen LogP contribution in [-0.4, -0.2) is 34.9 Å². The smallest absolute Gasteiger partial charge is 0.242 e. The molecule has 0 saturated heterocycles. The number of hydrogen-bond acceptors (Lipinski definition) is 3. The number of carbonyl (C=O) groups excluding carboxylic acids is 2. The molecule has 0 radical (unpaired) electrons. The Labute approximate surface area is 137 Å². The molecule has 4 bridgehead atoms. The first-order valence-electron chi connectivity index (χ1n) is 8.70. The summed E-state index contributed by atoms with van der Waals surface area (Å²) in [5.41, 5.74) is 0. The van der Waals surface area contributed by atoms with Gasteiger partial charge in [0.2, 0.25) is 11.8 Å². The average Bonchev–Trinajstić information content (AvgIpc) is 2.44. The van der Waals surface area contributed by atoms with E-state index in [1.807, 2.05) is 18.7 Å². The van der Waals surface area contributed by atoms with Crippen LogP contribution >= 0.6 is 11.8 Å². The van der Waals surface area contributed by atoms with Crippen LogP contribution in [0.25, 0.3) is 0 Å². The molecular formula is C17H28N2O2S. The van der Waals surface area contributed by atoms with E-state index < -0.39 is 6.04 Å². The fraction of sp³-hybridized carbons (Fsp3) is 0.882. The number of likely N-dealkylation sites (N-methyl/N-ethyl adjacent to an activating group) is 1. The van der Waals surface area contributed by atoms with Crippen LogP contribution in [0.15, 0.2) is 0 Å². The number of carbonyl (C=O) groups is 2. The van der Waals surface area contributed by atoms with Gasteiger partial charge in [0.15, 0.2) is 0 Å². The molecule has 124 valence electrons. The Kier molecular flexibility index (Phi) is 4.72. The number of amides is 2. The van der Waals surface area contributed by atoms with E-state index in [0.717, 1.165) is 17.8 Å². The van der Waals surface area contributed by atoms with Crippen molar-refractivity contribution in [2.45, 2.75) is 63.2 Å². The number of rotatable bonds is 6. The highest BCUT2D eigenvalue weighted by molar-refractivity contribution is 8.01. The highest BCUT2D eigenvalue weighted by Crippen LogP contribution is 2.60. The van der Waals surface area contributed by atoms with Crippen molar-refractivity contribution in [3.63, 3.8) is 0 Å². The lowest BCUT2D eigenvalue weighted by atomic mass is 9.56. The third-order valence-electron chi connectivity index (χ3n) is 5.61. The molecule has 22 heavy (non-hydrogen) atoms. The predicted octanol–water partition coefficient (Wildman–Crippen LogP) is 2.33. The summed E-state index contributed by atoms with van der Waals surface area (Å²) in [6.07, 6.45) is 8.22. The lowest BCUT2D eigenvalue weighted by molar-refractivity contribution is -0.127. The van der Waals surface area contributed by atoms with Crippen LogP contribution in [0.2, 0.25) is 0 Å². The minimum Gasteiger partial charge on any atom is -0.355 e. The number of thioether (sulfide) groups is 1. The standard InChI is InChI=1S/C17H28N2O2S/c1-3-18-16(21)11(2)19-15(20)10-22-17-7-12-4-13(8-17)6-14(5-12)9-17/h11-14H,3-10H2,1-2H3,(H,18,21)(H,19,20)/t11-,12?,13?,14?,17?/m1/s1. The summed E-state index contributed by atoms with van der Waals surface area (Å²) in [6.45, 7) is 4.23. The minimum atomic E-state index is -0.440. The summed E-state index contributed by atoms with van der Waals surface area (Å²) in [6, 6.07) is -0.440. The maximum Gasteiger partial charge on any atom is 0.242 e. The zero-order valence-corrected chi connectivity index (χ0v) is 14.5. The van der Waals surface area contributed by atoms with Crippen LogP contribution in [-0.2, 0) is 9.59 Å². The second-order valence-electron chi connectivity index (χ2n) is 7.57. The molecule has 0 aromatic rings. The largest absolute Gasteiger partial charge is 0.355 e. The van der Waals surface area contributed by atoms with Crippen LogP contribution in [0.4, 0.5) is 0 Å². The van der Waals surface area contributed by atoms with Gasteiger partial charge in [-0.3, -0.25) is 9.59 Å². The summed E-state index contributed by atoms with van der Waals surface area (Å²) in [4.78, 5) is 23.8. The number of hydrogen-bond donors (Lipinski definition) is 2. The molecule has 0 unspecified atom stereocenters. The molecule has 1 atom stereocenters. The van der Waals surface area contributed by atoms with Crippen molar-refractivity contribution in [2.75, 3.05) is 12.3 Å². The monoisotopic (exact) mass is 324 g/mol. The van der Waals surface area contributed by atoms with Gasteiger partial charge >= 0.3 is 0 Å². The van der Waals surface area contributed by atoms with Gasteiger partial charge in [0, 0.05) is 11.3 Å². The molecule has 0 heterocycles. The molecule has 4 aliphatic carbocycles. The van der Waals surface area contributed by atoms with Crippen LogP contribution in [0, 0.1) is 17.8 Å². The van der Waals surface area contributed by atoms with E-state index >= 15 is 0 Å². The Hall–Kier alpha value is -0.710. The van der Waals surface area contributed by atoms with Crippen molar-refractivity contribution in [1.29, 1.82) is 0 Å². The van der Waals surface area contributed by atoms with Crippen molar-refractivity contribution in [3.8, 4) is 0 Å². The molecular weight excluding hydrogens is 296 g/mol. The van der Waals surface area contributed by atoms with Crippen molar-refractivity contribution < 1.29 is 9.59 Å². The molecule has 4 saturated carbocycles. The van der Waals surface area contributed by atoms with Gasteiger partial charge in [-0.15, -0.1) is 11.8 Å². The van der Waals surface area contributed by atoms with E-state index in [9.17, 15) is 9.59 Å². The first-order chi connectivity index (χ1) is 10.5. The van der Waals surface area contributed by atoms with Crippen molar-refractivity contribution in [2.24, 2.45) is 17.8 Å². The van der Waals surface area contributed by atoms with E-state index in [1.165, 1.54) is 38.5 Å². The normalized spacial score (nSPS) is 36.9. The maximum atomic E-state index is 12.1. The minimum absolute atomic E-state index is 0.000464. The average molecular weight is 324 g/mol. The van der Waals surface area contributed by atoms with Gasteiger partial charge in [0.1, 0.15) is 6.04 Å². The molecule has 5 heteroatoms. The molecule has 2 amide bonds. The lowest BCUT2D eigenvalue weighted by Gasteiger charge is -2.56. The molecule has 4 nitrogen and oxygen atoms in total. The van der Waals surface area contributed by atoms with Gasteiger partial charge < -0.3 is 10.6 Å². The molecule has 4 aliphatic rings. The van der Waals surface area contributed by atoms with Gasteiger partial charge in [-0.1, -0.05) is 0 Å². The molecule has 0 aromatic heterocycles. The van der Waals surface area contributed by atoms with Gasteiger partial charge in [-0.25, -0.2) is 0 Å². The Morgan fingerprint density at radius 3 is 2.18 bits per heavy atom. The number of nitrogens with one attached hydrogen (secondary N) is 2. The summed E-state index contributed by atoms with van der Waals surface area (Å²) in [7, 11) is 0. The van der Waals surface area contributed by atoms with Gasteiger partial charge in [-0.2, -0.15) is 0 Å². The Balaban J connectivity index is 1.48. The fourth-order valence-corrected chi connectivity index (χ4v) is 6.68. The van der Waals surface area contributed by atoms with Crippen molar-refractivity contribution in [1.82, 2.24) is 10.6 Å². The van der Waals surface area contributed by atoms with Gasteiger partial charge in [-0.05, 0) is 70.1 Å². The predicted molar refractivity (Wildman–Crippen MR) is 89.6 cm³/mol. The molecule has 4 fully saturated rings. The fourth-order valence-electron chi connectivity index (χ4n) is 5.10. The zero-order chi connectivity index (χ0) is 15.7. The Morgan fingerprint density at radius 1 is 1.14 bits per heavy atom. The third kappa shape index (κ3) is 3.44. The highest BCUT2D eigenvalue weighted by atomic mass is 32.2. The van der Waals surface area contributed by atoms with E-state index in [0.29, 0.717) is 17.0 Å². The first kappa shape index (κ1) is 16.2. The Bertz CT molecular complexity index is 417. The zero-order valence-electron chi connectivity index (χ0n) is 13.7. The lowest BCUT2D eigenvalue weighted by Crippen LogP contribution is -2.50. The summed E-state index contributed by atoms with van der Waals surface area (Å²) < 4.78 is 0.362. The molecule has 4 rings (SSSR count). The summed E-state index contributed by atoms with van der Waals surface area (Å²) in [5, 5.41) is 5.57. The van der Waals surface area contributed by atoms with Crippen LogP contribution in [0.5, 0.6) is 0 Å². The van der Waals surface area contributed by atoms with Gasteiger partial charge in [0.25, 0.3) is 0 Å². The maximum absolute atomic E-state index is 12.1. The summed E-state index contributed by atoms with van der Waals surface area (Å²) in [5.74, 6) is 3.13. The second kappa shape index (κ2) is 6.42. The van der Waals surface area contributed by atoms with Crippen molar-refractivity contribution >= 4 is 23.6 Å². The third-order valence-corrected chi connectivity index (χ3v) is 7.13. The molecule has 0 aliphatic heterocycles. The quantitative estimate of drug-likeness (QED) is 0.788. The van der Waals surface area contributed by atoms with E-state index in [4.69, 9.17) is 0 Å². The van der Waals surface area contributed by atoms with Crippen LogP contribution < -0.4 is 10.6 Å². The van der Waals surface area contributed by atoms with E-state index in [1.54, 1.807) is 6.92 Å². The first-order valence-corrected chi connectivity index (χ1v) is 9.69. The van der Waals surface area contributed by atoms with Crippen molar-refractivity contribution in [3.05, 3.63) is 0 Å². The van der Waals surface area contributed by atoms with E-state index in [2.05, 4.69) is 10.6 Å². The van der Waals surface area contributed by atoms with Crippen LogP contribution in [0.1, 0.15) is 52.4 Å². The van der Waals surface area contributed by atoms with Crippen LogP contribution in [0.3, 0.4) is 0 Å². The SMILES string of the molecule is CCNC(=O)[C@@H](C)NC(=O)CSC12CC3CC(CC(C3)C1)C2. The molecule has 0 spiro atoms. The second-order valence-corrected chi connectivity index (χ2v) is 9.02. The van der Waals surface area contributed by atoms with E-state index in [-0.39, 0.29) is 11.8 Å². The molecule has 0 aromatic carbocycles.